The number of carbonyl (C=O) groups excluding carboxylic acids is 1. The highest BCUT2D eigenvalue weighted by Crippen LogP contribution is 1.87. The lowest BCUT2D eigenvalue weighted by atomic mass is 10.2. The Morgan fingerprint density at radius 1 is 1.62 bits per heavy atom. The Balaban J connectivity index is 3.94. The van der Waals surface area contributed by atoms with Gasteiger partial charge in [0.25, 0.3) is 0 Å². The Labute approximate surface area is 77.9 Å². The van der Waals surface area contributed by atoms with Gasteiger partial charge in [0, 0.05) is 0 Å². The standard InChI is InChI=1S/C8H16N4O/c1-6(13)7(11-2)4-3-5-12-8(9)10/h3-4,7,11H,5H2,1-2H3,(H4,9,10,12)/b4-3+/t7-/m0/s1. The second-order valence-electron chi connectivity index (χ2n) is 2.57. The van der Waals surface area contributed by atoms with Crippen LogP contribution < -0.4 is 16.8 Å². The van der Waals surface area contributed by atoms with Gasteiger partial charge in [0.15, 0.2) is 11.7 Å². The van der Waals surface area contributed by atoms with Crippen LogP contribution in [0.3, 0.4) is 0 Å². The largest absolute Gasteiger partial charge is 0.370 e. The number of aliphatic imine (C=N–C) groups is 1. The summed E-state index contributed by atoms with van der Waals surface area (Å²) in [5.74, 6) is 0.108. The summed E-state index contributed by atoms with van der Waals surface area (Å²) < 4.78 is 0. The lowest BCUT2D eigenvalue weighted by Gasteiger charge is -2.05. The molecule has 0 saturated carbocycles. The van der Waals surface area contributed by atoms with E-state index in [2.05, 4.69) is 10.3 Å². The van der Waals surface area contributed by atoms with E-state index in [-0.39, 0.29) is 17.8 Å². The first-order chi connectivity index (χ1) is 6.07. The first-order valence-corrected chi connectivity index (χ1v) is 3.97. The van der Waals surface area contributed by atoms with E-state index >= 15 is 0 Å². The average molecular weight is 184 g/mol. The predicted molar refractivity (Wildman–Crippen MR) is 53.3 cm³/mol. The van der Waals surface area contributed by atoms with E-state index in [1.165, 1.54) is 6.92 Å². The quantitative estimate of drug-likeness (QED) is 0.290. The number of likely N-dealkylation sites (N-methyl/N-ethyl adjacent to an activating group) is 1. The maximum Gasteiger partial charge on any atom is 0.186 e. The molecule has 0 bridgehead atoms. The van der Waals surface area contributed by atoms with Crippen molar-refractivity contribution in [2.24, 2.45) is 16.5 Å². The molecule has 0 aliphatic rings. The van der Waals surface area contributed by atoms with E-state index in [0.29, 0.717) is 6.54 Å². The third-order valence-electron chi connectivity index (χ3n) is 1.46. The second kappa shape index (κ2) is 6.19. The number of guanidine groups is 1. The monoisotopic (exact) mass is 184 g/mol. The van der Waals surface area contributed by atoms with Crippen LogP contribution in [-0.4, -0.2) is 31.4 Å². The number of nitrogens with zero attached hydrogens (tertiary/aromatic N) is 1. The van der Waals surface area contributed by atoms with Crippen molar-refractivity contribution < 1.29 is 4.79 Å². The van der Waals surface area contributed by atoms with Crippen LogP contribution in [0.1, 0.15) is 6.92 Å². The molecule has 5 nitrogen and oxygen atoms in total. The summed E-state index contributed by atoms with van der Waals surface area (Å²) in [7, 11) is 1.72. The van der Waals surface area contributed by atoms with Gasteiger partial charge in [-0.1, -0.05) is 12.2 Å². The van der Waals surface area contributed by atoms with Crippen LogP contribution in [0, 0.1) is 0 Å². The van der Waals surface area contributed by atoms with Gasteiger partial charge in [-0.3, -0.25) is 4.79 Å². The highest BCUT2D eigenvalue weighted by atomic mass is 16.1. The number of hydrogen-bond donors (Lipinski definition) is 3. The third-order valence-corrected chi connectivity index (χ3v) is 1.46. The van der Waals surface area contributed by atoms with Gasteiger partial charge in [0.05, 0.1) is 12.6 Å². The Morgan fingerprint density at radius 3 is 2.62 bits per heavy atom. The molecule has 0 aliphatic carbocycles. The Kier molecular flexibility index (Phi) is 5.54. The first-order valence-electron chi connectivity index (χ1n) is 3.97. The highest BCUT2D eigenvalue weighted by Gasteiger charge is 2.04. The molecule has 0 aliphatic heterocycles. The summed E-state index contributed by atoms with van der Waals surface area (Å²) in [6.45, 7) is 1.92. The fourth-order valence-corrected chi connectivity index (χ4v) is 0.790. The minimum absolute atomic E-state index is 0.0495. The molecule has 1 atom stereocenters. The maximum atomic E-state index is 10.9. The SMILES string of the molecule is CN[C@@H](/C=C/CN=C(N)N)C(C)=O. The van der Waals surface area contributed by atoms with Gasteiger partial charge in [-0.05, 0) is 14.0 Å². The molecule has 0 aromatic carbocycles. The summed E-state index contributed by atoms with van der Waals surface area (Å²) >= 11 is 0. The number of nitrogens with two attached hydrogens (primary N) is 2. The fraction of sp³-hybridized carbons (Fsp3) is 0.500. The Hall–Kier alpha value is -1.36. The summed E-state index contributed by atoms with van der Waals surface area (Å²) in [4.78, 5) is 14.6. The first kappa shape index (κ1) is 11.6. The van der Waals surface area contributed by atoms with Crippen molar-refractivity contribution in [3.05, 3.63) is 12.2 Å². The van der Waals surface area contributed by atoms with Crippen LogP contribution in [0.5, 0.6) is 0 Å². The Morgan fingerprint density at radius 2 is 2.23 bits per heavy atom. The summed E-state index contributed by atoms with van der Waals surface area (Å²) in [6, 6.07) is -0.255. The van der Waals surface area contributed by atoms with Gasteiger partial charge >= 0.3 is 0 Å². The fourth-order valence-electron chi connectivity index (χ4n) is 0.790. The van der Waals surface area contributed by atoms with Gasteiger partial charge in [-0.15, -0.1) is 0 Å². The smallest absolute Gasteiger partial charge is 0.186 e. The van der Waals surface area contributed by atoms with E-state index < -0.39 is 0 Å². The van der Waals surface area contributed by atoms with Crippen molar-refractivity contribution in [3.8, 4) is 0 Å². The minimum Gasteiger partial charge on any atom is -0.370 e. The molecule has 13 heavy (non-hydrogen) atoms. The molecule has 0 saturated heterocycles. The molecule has 5 heteroatoms. The zero-order valence-electron chi connectivity index (χ0n) is 7.95. The van der Waals surface area contributed by atoms with E-state index in [0.717, 1.165) is 0 Å². The van der Waals surface area contributed by atoms with Gasteiger partial charge in [-0.2, -0.15) is 0 Å². The maximum absolute atomic E-state index is 10.9. The topological polar surface area (TPSA) is 93.5 Å². The zero-order valence-corrected chi connectivity index (χ0v) is 7.95. The van der Waals surface area contributed by atoms with Crippen LogP contribution in [0.4, 0.5) is 0 Å². The van der Waals surface area contributed by atoms with E-state index in [1.807, 2.05) is 0 Å². The molecule has 0 aromatic rings. The molecular formula is C8H16N4O. The second-order valence-corrected chi connectivity index (χ2v) is 2.57. The van der Waals surface area contributed by atoms with Crippen molar-refractivity contribution in [1.82, 2.24) is 5.32 Å². The normalized spacial score (nSPS) is 12.8. The van der Waals surface area contributed by atoms with Crippen molar-refractivity contribution >= 4 is 11.7 Å². The number of ketones is 1. The molecule has 0 rings (SSSR count). The Bertz CT molecular complexity index is 218. The van der Waals surface area contributed by atoms with Crippen molar-refractivity contribution in [2.45, 2.75) is 13.0 Å². The number of rotatable bonds is 5. The molecule has 5 N–H and O–H groups in total. The van der Waals surface area contributed by atoms with Crippen molar-refractivity contribution in [3.63, 3.8) is 0 Å². The van der Waals surface area contributed by atoms with Crippen molar-refractivity contribution in [2.75, 3.05) is 13.6 Å². The number of Topliss-reactive ketones (excluding diaryl/α,β-unsaturated/α-hetero) is 1. The minimum atomic E-state index is -0.255. The lowest BCUT2D eigenvalue weighted by Crippen LogP contribution is -2.30. The number of nitrogens with one attached hydrogen (secondary N) is 1. The molecule has 0 amide bonds. The van der Waals surface area contributed by atoms with E-state index in [4.69, 9.17) is 11.5 Å². The molecular weight excluding hydrogens is 168 g/mol. The summed E-state index contributed by atoms with van der Waals surface area (Å²) in [6.07, 6.45) is 3.47. The highest BCUT2D eigenvalue weighted by molar-refractivity contribution is 5.83. The van der Waals surface area contributed by atoms with Gasteiger partial charge in [0.1, 0.15) is 0 Å². The van der Waals surface area contributed by atoms with Crippen LogP contribution in [0.2, 0.25) is 0 Å². The number of hydrogen-bond acceptors (Lipinski definition) is 3. The molecule has 0 heterocycles. The lowest BCUT2D eigenvalue weighted by molar-refractivity contribution is -0.117. The zero-order chi connectivity index (χ0) is 10.3. The average Bonchev–Trinajstić information content (AvgIpc) is 2.03. The van der Waals surface area contributed by atoms with Gasteiger partial charge in [-0.25, -0.2) is 4.99 Å². The van der Waals surface area contributed by atoms with Crippen LogP contribution in [0.25, 0.3) is 0 Å². The van der Waals surface area contributed by atoms with Crippen LogP contribution in [0.15, 0.2) is 17.1 Å². The summed E-state index contributed by atoms with van der Waals surface area (Å²) in [5.41, 5.74) is 10.2. The van der Waals surface area contributed by atoms with Gasteiger partial charge < -0.3 is 16.8 Å². The van der Waals surface area contributed by atoms with E-state index in [9.17, 15) is 4.79 Å². The molecule has 0 fully saturated rings. The third kappa shape index (κ3) is 5.86. The number of carbonyl (C=O) groups is 1. The van der Waals surface area contributed by atoms with Crippen LogP contribution in [-0.2, 0) is 4.79 Å². The molecule has 0 unspecified atom stereocenters. The molecule has 0 radical (unpaired) electrons. The predicted octanol–water partition coefficient (Wildman–Crippen LogP) is -1.01. The molecule has 74 valence electrons. The van der Waals surface area contributed by atoms with Crippen molar-refractivity contribution in [1.29, 1.82) is 0 Å². The van der Waals surface area contributed by atoms with E-state index in [1.54, 1.807) is 19.2 Å². The van der Waals surface area contributed by atoms with Crippen LogP contribution >= 0.6 is 0 Å². The molecule has 0 spiro atoms. The summed E-state index contributed by atoms with van der Waals surface area (Å²) in [5, 5.41) is 2.84. The molecule has 0 aromatic heterocycles. The van der Waals surface area contributed by atoms with Gasteiger partial charge in [0.2, 0.25) is 0 Å².